The highest BCUT2D eigenvalue weighted by Crippen LogP contribution is 2.38. The van der Waals surface area contributed by atoms with Gasteiger partial charge in [-0.25, -0.2) is 0 Å². The lowest BCUT2D eigenvalue weighted by molar-refractivity contribution is -0.152. The van der Waals surface area contributed by atoms with E-state index in [9.17, 15) is 9.90 Å². The number of aliphatic hydroxyl groups is 1. The smallest absolute Gasteiger partial charge is 0.461 e. The van der Waals surface area contributed by atoms with Crippen LogP contribution in [0.15, 0.2) is 18.2 Å². The molecule has 1 aromatic carbocycles. The molecule has 1 aliphatic carbocycles. The Kier molecular flexibility index (Phi) is 7.99. The van der Waals surface area contributed by atoms with Crippen LogP contribution in [0.1, 0.15) is 85.3 Å². The third-order valence-corrected chi connectivity index (χ3v) is 7.28. The zero-order valence-electron chi connectivity index (χ0n) is 21.5. The van der Waals surface area contributed by atoms with E-state index in [0.717, 1.165) is 31.1 Å². The first-order valence-electron chi connectivity index (χ1n) is 12.4. The first kappa shape index (κ1) is 26.2. The summed E-state index contributed by atoms with van der Waals surface area (Å²) in [5, 5.41) is 12.9. The molecule has 0 spiro atoms. The molecule has 7 heteroatoms. The van der Waals surface area contributed by atoms with Gasteiger partial charge in [-0.2, -0.15) is 0 Å². The molecule has 2 N–H and O–H groups in total. The molecular weight excluding hydrogens is 417 g/mol. The van der Waals surface area contributed by atoms with Crippen molar-refractivity contribution in [1.29, 1.82) is 0 Å². The average molecular weight is 459 g/mol. The van der Waals surface area contributed by atoms with E-state index in [0.29, 0.717) is 13.0 Å². The fourth-order valence-corrected chi connectivity index (χ4v) is 4.77. The minimum atomic E-state index is -0.699. The molecule has 0 unspecified atom stereocenters. The van der Waals surface area contributed by atoms with Gasteiger partial charge in [0.15, 0.2) is 0 Å². The second-order valence-corrected chi connectivity index (χ2v) is 11.5. The van der Waals surface area contributed by atoms with E-state index in [1.165, 1.54) is 11.1 Å². The Hall–Kier alpha value is -1.41. The first-order valence-corrected chi connectivity index (χ1v) is 12.4. The van der Waals surface area contributed by atoms with Gasteiger partial charge in [0.05, 0.1) is 17.8 Å². The van der Waals surface area contributed by atoms with E-state index in [1.807, 2.05) is 6.07 Å². The lowest BCUT2D eigenvalue weighted by Gasteiger charge is -2.32. The normalized spacial score (nSPS) is 21.4. The van der Waals surface area contributed by atoms with Crippen LogP contribution in [-0.2, 0) is 30.7 Å². The maximum atomic E-state index is 12.5. The molecule has 1 aliphatic heterocycles. The highest BCUT2D eigenvalue weighted by atomic mass is 16.7. The summed E-state index contributed by atoms with van der Waals surface area (Å²) >= 11 is 0. The van der Waals surface area contributed by atoms with Crippen molar-refractivity contribution in [3.8, 4) is 0 Å². The number of carbonyl (C=O) groups is 1. The molecule has 0 bridgehead atoms. The van der Waals surface area contributed by atoms with Crippen molar-refractivity contribution in [1.82, 2.24) is 5.32 Å². The van der Waals surface area contributed by atoms with E-state index < -0.39 is 24.4 Å². The number of esters is 1. The SMILES string of the molecule is CC(C)(C)c1c(CCN[C@@H](CO)C(=O)OC2CCCC2)cccc1B1OC(C)(C)C(C)(C)O1. The number of carbonyl (C=O) groups excluding carboxylic acids is 1. The minimum Gasteiger partial charge on any atom is -0.461 e. The van der Waals surface area contributed by atoms with Crippen molar-refractivity contribution < 1.29 is 23.9 Å². The van der Waals surface area contributed by atoms with E-state index in [-0.39, 0.29) is 24.1 Å². The Morgan fingerprint density at radius 3 is 2.33 bits per heavy atom. The number of ether oxygens (including phenoxy) is 1. The Bertz CT molecular complexity index is 810. The van der Waals surface area contributed by atoms with E-state index >= 15 is 0 Å². The van der Waals surface area contributed by atoms with Crippen molar-refractivity contribution in [3.63, 3.8) is 0 Å². The Labute approximate surface area is 199 Å². The quantitative estimate of drug-likeness (QED) is 0.459. The number of hydrogen-bond donors (Lipinski definition) is 2. The molecule has 0 aromatic heterocycles. The van der Waals surface area contributed by atoms with Gasteiger partial charge < -0.3 is 24.5 Å². The third-order valence-electron chi connectivity index (χ3n) is 7.28. The lowest BCUT2D eigenvalue weighted by atomic mass is 9.67. The fourth-order valence-electron chi connectivity index (χ4n) is 4.77. The van der Waals surface area contributed by atoms with Crippen LogP contribution in [0.5, 0.6) is 0 Å². The van der Waals surface area contributed by atoms with E-state index in [4.69, 9.17) is 14.0 Å². The fraction of sp³-hybridized carbons (Fsp3) is 0.731. The van der Waals surface area contributed by atoms with Crippen molar-refractivity contribution in [3.05, 3.63) is 29.3 Å². The second kappa shape index (κ2) is 10.1. The van der Waals surface area contributed by atoms with Crippen LogP contribution in [0.3, 0.4) is 0 Å². The van der Waals surface area contributed by atoms with E-state index in [2.05, 4.69) is 65.9 Å². The summed E-state index contributed by atoms with van der Waals surface area (Å²) in [6, 6.07) is 5.56. The summed E-state index contributed by atoms with van der Waals surface area (Å²) in [6.45, 7) is 15.1. The first-order chi connectivity index (χ1) is 15.4. The predicted molar refractivity (Wildman–Crippen MR) is 132 cm³/mol. The summed E-state index contributed by atoms with van der Waals surface area (Å²) < 4.78 is 18.3. The molecule has 0 radical (unpaired) electrons. The van der Waals surface area contributed by atoms with Gasteiger partial charge >= 0.3 is 13.1 Å². The zero-order valence-corrected chi connectivity index (χ0v) is 21.5. The van der Waals surface area contributed by atoms with Gasteiger partial charge in [0.25, 0.3) is 0 Å². The molecule has 1 heterocycles. The van der Waals surface area contributed by atoms with Crippen LogP contribution in [-0.4, -0.2) is 54.7 Å². The summed E-state index contributed by atoms with van der Waals surface area (Å²) in [5.41, 5.74) is 2.52. The van der Waals surface area contributed by atoms with Crippen molar-refractivity contribution in [2.24, 2.45) is 0 Å². The molecule has 1 saturated carbocycles. The van der Waals surface area contributed by atoms with Crippen LogP contribution < -0.4 is 10.8 Å². The Balaban J connectivity index is 1.72. The van der Waals surface area contributed by atoms with Gasteiger partial charge in [0.2, 0.25) is 0 Å². The van der Waals surface area contributed by atoms with Crippen LogP contribution in [0, 0.1) is 0 Å². The van der Waals surface area contributed by atoms with E-state index in [1.54, 1.807) is 0 Å². The van der Waals surface area contributed by atoms with Crippen LogP contribution in [0.4, 0.5) is 0 Å². The van der Waals surface area contributed by atoms with Crippen molar-refractivity contribution >= 4 is 18.6 Å². The van der Waals surface area contributed by atoms with Crippen LogP contribution in [0.25, 0.3) is 0 Å². The van der Waals surface area contributed by atoms with Crippen molar-refractivity contribution in [2.75, 3.05) is 13.2 Å². The van der Waals surface area contributed by atoms with Gasteiger partial charge in [0.1, 0.15) is 12.1 Å². The molecule has 2 aliphatic rings. The molecule has 0 amide bonds. The van der Waals surface area contributed by atoms with Gasteiger partial charge in [-0.05, 0) is 81.8 Å². The third kappa shape index (κ3) is 6.00. The molecule has 1 aromatic rings. The number of nitrogens with one attached hydrogen (secondary N) is 1. The number of aliphatic hydroxyl groups excluding tert-OH is 1. The second-order valence-electron chi connectivity index (χ2n) is 11.5. The molecule has 3 rings (SSSR count). The molecule has 33 heavy (non-hydrogen) atoms. The number of rotatable bonds is 8. The van der Waals surface area contributed by atoms with Gasteiger partial charge in [-0.1, -0.05) is 39.0 Å². The zero-order chi connectivity index (χ0) is 24.4. The maximum absolute atomic E-state index is 12.5. The Morgan fingerprint density at radius 2 is 1.79 bits per heavy atom. The molecule has 184 valence electrons. The number of hydrogen-bond acceptors (Lipinski definition) is 6. The summed E-state index contributed by atoms with van der Waals surface area (Å²) in [5.74, 6) is -0.355. The molecular formula is C26H42BNO5. The number of benzene rings is 1. The topological polar surface area (TPSA) is 77.0 Å². The highest BCUT2D eigenvalue weighted by Gasteiger charge is 2.52. The molecule has 6 nitrogen and oxygen atoms in total. The van der Waals surface area contributed by atoms with Crippen LogP contribution >= 0.6 is 0 Å². The largest absolute Gasteiger partial charge is 0.495 e. The monoisotopic (exact) mass is 459 g/mol. The highest BCUT2D eigenvalue weighted by molar-refractivity contribution is 6.62. The van der Waals surface area contributed by atoms with Crippen molar-refractivity contribution in [2.45, 2.75) is 109 Å². The summed E-state index contributed by atoms with van der Waals surface area (Å²) in [7, 11) is -0.427. The summed E-state index contributed by atoms with van der Waals surface area (Å²) in [4.78, 5) is 12.5. The molecule has 1 atom stereocenters. The predicted octanol–water partition coefficient (Wildman–Crippen LogP) is 3.26. The molecule has 1 saturated heterocycles. The van der Waals surface area contributed by atoms with Crippen LogP contribution in [0.2, 0.25) is 0 Å². The lowest BCUT2D eigenvalue weighted by Crippen LogP contribution is -2.44. The average Bonchev–Trinajstić information content (AvgIpc) is 3.29. The van der Waals surface area contributed by atoms with Gasteiger partial charge in [-0.15, -0.1) is 0 Å². The Morgan fingerprint density at radius 1 is 1.18 bits per heavy atom. The minimum absolute atomic E-state index is 0.00237. The van der Waals surface area contributed by atoms with Gasteiger partial charge in [-0.3, -0.25) is 4.79 Å². The summed E-state index contributed by atoms with van der Waals surface area (Å²) in [6.07, 6.45) is 4.76. The maximum Gasteiger partial charge on any atom is 0.495 e. The molecule has 2 fully saturated rings. The van der Waals surface area contributed by atoms with Gasteiger partial charge in [0, 0.05) is 6.54 Å². The standard InChI is InChI=1S/C26H42BNO5/c1-24(2,3)22-18(11-10-14-20(22)27-32-25(4,5)26(6,7)33-27)15-16-28-21(17-29)23(30)31-19-12-8-9-13-19/h10-11,14,19,21,28-29H,8-9,12-13,15-17H2,1-7H3/t21-/m0/s1.